The van der Waals surface area contributed by atoms with Gasteiger partial charge in [-0.25, -0.2) is 0 Å². The van der Waals surface area contributed by atoms with Gasteiger partial charge in [-0.2, -0.15) is 0 Å². The second kappa shape index (κ2) is 4.26. The lowest BCUT2D eigenvalue weighted by Crippen LogP contribution is -2.66. The van der Waals surface area contributed by atoms with Crippen LogP contribution in [-0.4, -0.2) is 16.7 Å². The van der Waals surface area contributed by atoms with Crippen LogP contribution < -0.4 is 10.1 Å². The molecule has 2 aliphatic heterocycles. The average Bonchev–Trinajstić information content (AvgIpc) is 2.45. The molecule has 4 rings (SSSR count). The molecule has 3 aliphatic rings. The summed E-state index contributed by atoms with van der Waals surface area (Å²) >= 11 is 0. The molecule has 0 spiro atoms. The molecular formula is C17H19NO3. The van der Waals surface area contributed by atoms with Crippen molar-refractivity contribution < 1.29 is 14.6 Å². The van der Waals surface area contributed by atoms with E-state index in [4.69, 9.17) is 4.74 Å². The Balaban J connectivity index is 1.97. The molecule has 1 aromatic carbocycles. The summed E-state index contributed by atoms with van der Waals surface area (Å²) in [4.78, 5) is 12.5. The molecule has 4 nitrogen and oxygen atoms in total. The van der Waals surface area contributed by atoms with Crippen LogP contribution in [0, 0.1) is 5.92 Å². The van der Waals surface area contributed by atoms with Gasteiger partial charge in [-0.15, -0.1) is 0 Å². The number of hydrogen-bond donors (Lipinski definition) is 2. The molecule has 110 valence electrons. The second-order valence-electron chi connectivity index (χ2n) is 6.31. The van der Waals surface area contributed by atoms with Gasteiger partial charge in [0.1, 0.15) is 5.75 Å². The number of ether oxygens (including phenoxy) is 1. The van der Waals surface area contributed by atoms with Crippen LogP contribution in [-0.2, 0) is 4.79 Å². The fourth-order valence-electron chi connectivity index (χ4n) is 4.30. The minimum Gasteiger partial charge on any atom is -0.512 e. The minimum absolute atomic E-state index is 0.0611. The van der Waals surface area contributed by atoms with E-state index in [0.29, 0.717) is 5.57 Å². The van der Waals surface area contributed by atoms with Gasteiger partial charge in [-0.3, -0.25) is 4.79 Å². The van der Waals surface area contributed by atoms with E-state index in [1.807, 2.05) is 24.3 Å². The molecule has 0 radical (unpaired) electrons. The lowest BCUT2D eigenvalue weighted by atomic mass is 9.64. The highest BCUT2D eigenvalue weighted by molar-refractivity contribution is 5.97. The Kier molecular flexibility index (Phi) is 2.59. The summed E-state index contributed by atoms with van der Waals surface area (Å²) in [6.07, 6.45) is 4.05. The zero-order valence-electron chi connectivity index (χ0n) is 12.1. The smallest absolute Gasteiger partial charge is 0.254 e. The Morgan fingerprint density at radius 3 is 3.00 bits per heavy atom. The molecule has 21 heavy (non-hydrogen) atoms. The number of piperidine rings is 1. The fourth-order valence-corrected chi connectivity index (χ4v) is 4.30. The number of carbonyl (C=O) groups excluding carboxylic acids is 1. The molecule has 4 heteroatoms. The van der Waals surface area contributed by atoms with E-state index >= 15 is 0 Å². The first-order chi connectivity index (χ1) is 10.1. The van der Waals surface area contributed by atoms with Crippen LogP contribution in [0.5, 0.6) is 5.75 Å². The summed E-state index contributed by atoms with van der Waals surface area (Å²) in [6.45, 7) is 1.60. The van der Waals surface area contributed by atoms with Crippen molar-refractivity contribution in [2.45, 2.75) is 44.2 Å². The molecule has 1 amide bonds. The van der Waals surface area contributed by atoms with Crippen LogP contribution in [0.15, 0.2) is 35.6 Å². The maximum absolute atomic E-state index is 12.5. The van der Waals surface area contributed by atoms with E-state index in [2.05, 4.69) is 5.32 Å². The van der Waals surface area contributed by atoms with E-state index in [0.717, 1.165) is 37.0 Å². The quantitative estimate of drug-likeness (QED) is 0.569. The summed E-state index contributed by atoms with van der Waals surface area (Å²) < 4.78 is 6.26. The minimum atomic E-state index is -0.590. The number of hydrogen-bond acceptors (Lipinski definition) is 3. The Morgan fingerprint density at radius 1 is 1.38 bits per heavy atom. The molecule has 1 saturated carbocycles. The Morgan fingerprint density at radius 2 is 2.19 bits per heavy atom. The molecule has 1 saturated heterocycles. The zero-order chi connectivity index (χ0) is 14.6. The molecule has 1 aliphatic carbocycles. The van der Waals surface area contributed by atoms with Crippen LogP contribution in [0.1, 0.15) is 44.1 Å². The topological polar surface area (TPSA) is 58.6 Å². The van der Waals surface area contributed by atoms with Gasteiger partial charge in [0.15, 0.2) is 5.72 Å². The predicted molar refractivity (Wildman–Crippen MR) is 78.0 cm³/mol. The van der Waals surface area contributed by atoms with Gasteiger partial charge in [0.2, 0.25) is 0 Å². The molecule has 2 bridgehead atoms. The average molecular weight is 285 g/mol. The van der Waals surface area contributed by atoms with Gasteiger partial charge < -0.3 is 15.2 Å². The highest BCUT2D eigenvalue weighted by atomic mass is 16.5. The molecule has 1 aromatic rings. The van der Waals surface area contributed by atoms with Crippen LogP contribution in [0.2, 0.25) is 0 Å². The number of fused-ring (bicyclic) bond motifs is 2. The standard InChI is InChI=1S/C17H19NO3/c1-10(19)14-15-11-6-2-3-8-13(11)21-17(18-16(14)20)9-5-4-7-12(15)17/h2-3,6,8,12,15,19H,4-5,7,9H2,1H3,(H,18,20)/b14-10-/t12-,15+,17+/m1/s1. The predicted octanol–water partition coefficient (Wildman–Crippen LogP) is 3.01. The van der Waals surface area contributed by atoms with Crippen molar-refractivity contribution in [2.75, 3.05) is 0 Å². The summed E-state index contributed by atoms with van der Waals surface area (Å²) in [7, 11) is 0. The second-order valence-corrected chi connectivity index (χ2v) is 6.31. The first kappa shape index (κ1) is 12.7. The number of aliphatic hydroxyl groups excluding tert-OH is 1. The summed E-state index contributed by atoms with van der Waals surface area (Å²) in [6, 6.07) is 7.89. The number of para-hydroxylation sites is 1. The SMILES string of the molecule is C/C(O)=C1/C(=O)N[C@]23CCCC[C@@H]2[C@@H]1c1ccccc1O3. The number of aliphatic hydroxyl groups is 1. The van der Waals surface area contributed by atoms with Crippen LogP contribution in [0.25, 0.3) is 0 Å². The number of carbonyl (C=O) groups is 1. The lowest BCUT2D eigenvalue weighted by molar-refractivity contribution is -0.140. The first-order valence-corrected chi connectivity index (χ1v) is 7.62. The van der Waals surface area contributed by atoms with E-state index in [-0.39, 0.29) is 23.5 Å². The summed E-state index contributed by atoms with van der Waals surface area (Å²) in [5, 5.41) is 13.1. The van der Waals surface area contributed by atoms with E-state index in [9.17, 15) is 9.90 Å². The van der Waals surface area contributed by atoms with Gasteiger partial charge in [-0.1, -0.05) is 24.6 Å². The zero-order valence-corrected chi connectivity index (χ0v) is 12.1. The van der Waals surface area contributed by atoms with Gasteiger partial charge >= 0.3 is 0 Å². The van der Waals surface area contributed by atoms with Crippen LogP contribution in [0.4, 0.5) is 0 Å². The third kappa shape index (κ3) is 1.65. The van der Waals surface area contributed by atoms with Crippen LogP contribution in [0.3, 0.4) is 0 Å². The molecule has 2 N–H and O–H groups in total. The van der Waals surface area contributed by atoms with Crippen molar-refractivity contribution in [1.82, 2.24) is 5.32 Å². The molecule has 0 aromatic heterocycles. The molecule has 2 fully saturated rings. The van der Waals surface area contributed by atoms with Crippen molar-refractivity contribution in [3.63, 3.8) is 0 Å². The fraction of sp³-hybridized carbons (Fsp3) is 0.471. The van der Waals surface area contributed by atoms with Crippen molar-refractivity contribution in [3.05, 3.63) is 41.2 Å². The van der Waals surface area contributed by atoms with Crippen LogP contribution >= 0.6 is 0 Å². The number of benzene rings is 1. The molecule has 0 unspecified atom stereocenters. The van der Waals surface area contributed by atoms with E-state index < -0.39 is 5.72 Å². The van der Waals surface area contributed by atoms with Crippen molar-refractivity contribution >= 4 is 5.91 Å². The summed E-state index contributed by atoms with van der Waals surface area (Å²) in [5.41, 5.74) is 0.944. The van der Waals surface area contributed by atoms with Gasteiger partial charge in [0, 0.05) is 23.8 Å². The number of allylic oxidation sites excluding steroid dienone is 1. The number of rotatable bonds is 0. The monoisotopic (exact) mass is 285 g/mol. The maximum Gasteiger partial charge on any atom is 0.254 e. The lowest BCUT2D eigenvalue weighted by Gasteiger charge is -2.54. The van der Waals surface area contributed by atoms with Gasteiger partial charge in [-0.05, 0) is 25.8 Å². The molecule has 2 heterocycles. The van der Waals surface area contributed by atoms with E-state index in [1.54, 1.807) is 6.92 Å². The maximum atomic E-state index is 12.5. The Labute approximate surface area is 123 Å². The molecule has 3 atom stereocenters. The number of amides is 1. The third-order valence-corrected chi connectivity index (χ3v) is 5.13. The van der Waals surface area contributed by atoms with Gasteiger partial charge in [0.05, 0.1) is 11.3 Å². The number of nitrogens with one attached hydrogen (secondary N) is 1. The molecular weight excluding hydrogens is 266 g/mol. The highest BCUT2D eigenvalue weighted by Gasteiger charge is 2.57. The van der Waals surface area contributed by atoms with Crippen molar-refractivity contribution in [3.8, 4) is 5.75 Å². The largest absolute Gasteiger partial charge is 0.512 e. The Hall–Kier alpha value is -1.97. The highest BCUT2D eigenvalue weighted by Crippen LogP contribution is 2.55. The van der Waals surface area contributed by atoms with Gasteiger partial charge in [0.25, 0.3) is 5.91 Å². The van der Waals surface area contributed by atoms with Crippen molar-refractivity contribution in [1.29, 1.82) is 0 Å². The third-order valence-electron chi connectivity index (χ3n) is 5.13. The van der Waals surface area contributed by atoms with E-state index in [1.165, 1.54) is 0 Å². The Bertz CT molecular complexity index is 647. The first-order valence-electron chi connectivity index (χ1n) is 7.62. The summed E-state index contributed by atoms with van der Waals surface area (Å²) in [5.74, 6) is 0.908. The van der Waals surface area contributed by atoms with Crippen molar-refractivity contribution in [2.24, 2.45) is 5.92 Å². The normalized spacial score (nSPS) is 36.0.